The molecular formula is C33H41N3O2. The summed E-state index contributed by atoms with van der Waals surface area (Å²) < 4.78 is 4.33. The van der Waals surface area contributed by atoms with Crippen LogP contribution in [-0.2, 0) is 26.8 Å². The molecule has 3 aromatic carbocycles. The van der Waals surface area contributed by atoms with Gasteiger partial charge in [0.25, 0.3) is 0 Å². The Balaban J connectivity index is 1.55. The summed E-state index contributed by atoms with van der Waals surface area (Å²) >= 11 is 0. The maximum Gasteiger partial charge on any atom is 0.211 e. The third-order valence-electron chi connectivity index (χ3n) is 8.11. The third kappa shape index (κ3) is 5.50. The van der Waals surface area contributed by atoms with Crippen molar-refractivity contribution in [3.63, 3.8) is 0 Å². The molecule has 5 heteroatoms. The molecule has 0 radical (unpaired) electrons. The van der Waals surface area contributed by atoms with Crippen molar-refractivity contribution in [1.29, 1.82) is 0 Å². The highest BCUT2D eigenvalue weighted by Gasteiger charge is 2.38. The van der Waals surface area contributed by atoms with Crippen LogP contribution in [0.1, 0.15) is 75.1 Å². The van der Waals surface area contributed by atoms with E-state index in [2.05, 4.69) is 79.3 Å². The molecule has 0 unspecified atom stereocenters. The number of benzene rings is 3. The van der Waals surface area contributed by atoms with E-state index in [9.17, 15) is 10.2 Å². The number of aryl methyl sites for hydroxylation is 1. The smallest absolute Gasteiger partial charge is 0.211 e. The van der Waals surface area contributed by atoms with Crippen LogP contribution in [0.15, 0.2) is 71.7 Å². The van der Waals surface area contributed by atoms with Gasteiger partial charge in [-0.05, 0) is 82.5 Å². The molecule has 0 aliphatic heterocycles. The zero-order chi connectivity index (χ0) is 27.1. The van der Waals surface area contributed by atoms with Gasteiger partial charge in [0, 0.05) is 7.05 Å². The van der Waals surface area contributed by atoms with Crippen molar-refractivity contribution >= 4 is 16.7 Å². The number of rotatable bonds is 6. The zero-order valence-electron chi connectivity index (χ0n) is 23.4. The minimum Gasteiger partial charge on any atom is -0.392 e. The number of hydrogen-bond donors (Lipinski definition) is 2. The Hall–Kier alpha value is -3.15. The van der Waals surface area contributed by atoms with Crippen molar-refractivity contribution in [3.05, 3.63) is 94.6 Å². The first-order chi connectivity index (χ1) is 18.1. The highest BCUT2D eigenvalue weighted by atomic mass is 16.3. The first kappa shape index (κ1) is 26.5. The van der Waals surface area contributed by atoms with Crippen molar-refractivity contribution in [2.75, 3.05) is 0 Å². The van der Waals surface area contributed by atoms with E-state index < -0.39 is 0 Å². The molecule has 0 atom stereocenters. The molecule has 1 fully saturated rings. The van der Waals surface area contributed by atoms with E-state index in [4.69, 9.17) is 4.99 Å². The maximum absolute atomic E-state index is 9.78. The molecule has 1 aromatic heterocycles. The molecule has 0 spiro atoms. The summed E-state index contributed by atoms with van der Waals surface area (Å²) in [7, 11) is 2.05. The minimum absolute atomic E-state index is 0.00124. The highest BCUT2D eigenvalue weighted by molar-refractivity contribution is 5.77. The van der Waals surface area contributed by atoms with Crippen LogP contribution in [0.25, 0.3) is 11.0 Å². The zero-order valence-corrected chi connectivity index (χ0v) is 23.4. The van der Waals surface area contributed by atoms with E-state index in [0.717, 1.165) is 39.0 Å². The molecule has 1 aliphatic carbocycles. The molecule has 4 aromatic rings. The summed E-state index contributed by atoms with van der Waals surface area (Å²) in [6.45, 7) is 10.3. The predicted molar refractivity (Wildman–Crippen MR) is 154 cm³/mol. The van der Waals surface area contributed by atoms with Crippen LogP contribution in [0, 0.1) is 10.8 Å². The van der Waals surface area contributed by atoms with E-state index in [1.165, 1.54) is 24.8 Å². The normalized spacial score (nSPS) is 17.8. The summed E-state index contributed by atoms with van der Waals surface area (Å²) in [5.74, 6) is 0.573. The lowest BCUT2D eigenvalue weighted by Crippen LogP contribution is -2.32. The monoisotopic (exact) mass is 511 g/mol. The van der Waals surface area contributed by atoms with E-state index >= 15 is 0 Å². The summed E-state index contributed by atoms with van der Waals surface area (Å²) in [4.78, 5) is 5.13. The second-order valence-electron chi connectivity index (χ2n) is 12.7. The molecule has 1 saturated carbocycles. The average Bonchev–Trinajstić information content (AvgIpc) is 3.13. The standard InChI is InChI=1S/C33H41N3O2/c1-32(2)17-27(18-33(3,4)22-32)26-11-13-28(14-12-26)34-31-35(5)29-15-10-25(21-38)16-30(29)36(31)19-23-6-8-24(20-37)9-7-23/h6-16,27,37-38H,17-22H2,1-5H3/b34-31-. The second-order valence-corrected chi connectivity index (χ2v) is 12.7. The van der Waals surface area contributed by atoms with Gasteiger partial charge in [0.15, 0.2) is 0 Å². The van der Waals surface area contributed by atoms with Gasteiger partial charge in [0.05, 0.1) is 36.5 Å². The number of hydrogen-bond acceptors (Lipinski definition) is 3. The van der Waals surface area contributed by atoms with Crippen LogP contribution < -0.4 is 5.62 Å². The maximum atomic E-state index is 9.78. The lowest BCUT2D eigenvalue weighted by atomic mass is 9.60. The molecule has 0 bridgehead atoms. The second kappa shape index (κ2) is 10.2. The Bertz CT molecular complexity index is 1470. The average molecular weight is 512 g/mol. The molecule has 1 heterocycles. The van der Waals surface area contributed by atoms with Crippen molar-refractivity contribution < 1.29 is 10.2 Å². The molecular weight excluding hydrogens is 470 g/mol. The number of aliphatic hydroxyl groups excluding tert-OH is 2. The van der Waals surface area contributed by atoms with E-state index in [-0.39, 0.29) is 13.2 Å². The Morgan fingerprint density at radius 1 is 0.763 bits per heavy atom. The quantitative estimate of drug-likeness (QED) is 0.308. The van der Waals surface area contributed by atoms with Gasteiger partial charge in [0.1, 0.15) is 0 Å². The van der Waals surface area contributed by atoms with Crippen LogP contribution in [0.4, 0.5) is 5.69 Å². The van der Waals surface area contributed by atoms with Crippen molar-refractivity contribution in [2.24, 2.45) is 22.9 Å². The fourth-order valence-electron chi connectivity index (χ4n) is 6.81. The molecule has 38 heavy (non-hydrogen) atoms. The number of aromatic nitrogens is 2. The van der Waals surface area contributed by atoms with Gasteiger partial charge in [-0.1, -0.05) is 70.2 Å². The fourth-order valence-corrected chi connectivity index (χ4v) is 6.81. The van der Waals surface area contributed by atoms with Gasteiger partial charge >= 0.3 is 0 Å². The van der Waals surface area contributed by atoms with Gasteiger partial charge in [-0.2, -0.15) is 0 Å². The molecule has 200 valence electrons. The van der Waals surface area contributed by atoms with Crippen molar-refractivity contribution in [2.45, 2.75) is 72.6 Å². The van der Waals surface area contributed by atoms with Gasteiger partial charge in [-0.15, -0.1) is 0 Å². The summed E-state index contributed by atoms with van der Waals surface area (Å²) in [5.41, 5.74) is 8.91. The Morgan fingerprint density at radius 3 is 1.95 bits per heavy atom. The summed E-state index contributed by atoms with van der Waals surface area (Å²) in [5, 5.41) is 19.2. The number of imidazole rings is 1. The number of nitrogens with zero attached hydrogens (tertiary/aromatic N) is 3. The molecule has 1 aliphatic rings. The third-order valence-corrected chi connectivity index (χ3v) is 8.11. The lowest BCUT2D eigenvalue weighted by Gasteiger charge is -2.45. The van der Waals surface area contributed by atoms with Crippen LogP contribution in [-0.4, -0.2) is 19.3 Å². The first-order valence-electron chi connectivity index (χ1n) is 13.7. The first-order valence-corrected chi connectivity index (χ1v) is 13.7. The van der Waals surface area contributed by atoms with Crippen LogP contribution in [0.5, 0.6) is 0 Å². The SMILES string of the molecule is Cn1/c(=N/c2ccc(C3CC(C)(C)CC(C)(C)C3)cc2)n(Cc2ccc(CO)cc2)c2cc(CO)ccc21. The van der Waals surface area contributed by atoms with E-state index in [1.54, 1.807) is 0 Å². The van der Waals surface area contributed by atoms with Crippen LogP contribution in [0.3, 0.4) is 0 Å². The Labute approximate surface area is 226 Å². The molecule has 0 amide bonds. The minimum atomic E-state index is -0.00124. The topological polar surface area (TPSA) is 62.7 Å². The fraction of sp³-hybridized carbons (Fsp3) is 0.424. The molecule has 2 N–H and O–H groups in total. The van der Waals surface area contributed by atoms with Gasteiger partial charge in [0.2, 0.25) is 5.62 Å². The van der Waals surface area contributed by atoms with E-state index in [0.29, 0.717) is 23.3 Å². The largest absolute Gasteiger partial charge is 0.392 e. The van der Waals surface area contributed by atoms with Crippen LogP contribution >= 0.6 is 0 Å². The van der Waals surface area contributed by atoms with Crippen LogP contribution in [0.2, 0.25) is 0 Å². The Kier molecular flexibility index (Phi) is 7.10. The predicted octanol–water partition coefficient (Wildman–Crippen LogP) is 6.57. The lowest BCUT2D eigenvalue weighted by molar-refractivity contribution is 0.0969. The van der Waals surface area contributed by atoms with Gasteiger partial charge < -0.3 is 19.3 Å². The highest BCUT2D eigenvalue weighted by Crippen LogP contribution is 2.51. The molecule has 5 nitrogen and oxygen atoms in total. The molecule has 5 rings (SSSR count). The van der Waals surface area contributed by atoms with Gasteiger partial charge in [-0.3, -0.25) is 0 Å². The number of aliphatic hydroxyl groups is 2. The number of fused-ring (bicyclic) bond motifs is 1. The van der Waals surface area contributed by atoms with Crippen molar-refractivity contribution in [1.82, 2.24) is 9.13 Å². The molecule has 0 saturated heterocycles. The summed E-state index contributed by atoms with van der Waals surface area (Å²) in [6.07, 6.45) is 3.71. The van der Waals surface area contributed by atoms with E-state index in [1.807, 2.05) is 31.3 Å². The summed E-state index contributed by atoms with van der Waals surface area (Å²) in [6, 6.07) is 23.0. The van der Waals surface area contributed by atoms with Crippen molar-refractivity contribution in [3.8, 4) is 0 Å². The Morgan fingerprint density at radius 2 is 1.34 bits per heavy atom. The van der Waals surface area contributed by atoms with Gasteiger partial charge in [-0.25, -0.2) is 4.99 Å².